The second-order valence-electron chi connectivity index (χ2n) is 2.08. The van der Waals surface area contributed by atoms with Crippen molar-refractivity contribution in [2.24, 2.45) is 5.92 Å². The molecule has 4 heteroatoms. The lowest BCUT2D eigenvalue weighted by molar-refractivity contribution is -0.151. The van der Waals surface area contributed by atoms with Crippen molar-refractivity contribution < 1.29 is 19.8 Å². The SMILES string of the molecule is CC(CCO)C(=O)C(=O)O. The Kier molecular flexibility index (Phi) is 3.64. The summed E-state index contributed by atoms with van der Waals surface area (Å²) in [5.74, 6) is -2.85. The first-order chi connectivity index (χ1) is 4.59. The van der Waals surface area contributed by atoms with Gasteiger partial charge in [-0.15, -0.1) is 0 Å². The Morgan fingerprint density at radius 2 is 2.00 bits per heavy atom. The average Bonchev–Trinajstić information content (AvgIpc) is 1.87. The van der Waals surface area contributed by atoms with Crippen LogP contribution in [-0.4, -0.2) is 28.6 Å². The lowest BCUT2D eigenvalue weighted by Crippen LogP contribution is -2.21. The lowest BCUT2D eigenvalue weighted by Gasteiger charge is -2.02. The van der Waals surface area contributed by atoms with Crippen LogP contribution in [0.25, 0.3) is 0 Å². The number of aliphatic hydroxyl groups is 1. The number of carboxylic acids is 1. The second-order valence-corrected chi connectivity index (χ2v) is 2.08. The third-order valence-corrected chi connectivity index (χ3v) is 1.22. The molecule has 4 nitrogen and oxygen atoms in total. The van der Waals surface area contributed by atoms with Crippen molar-refractivity contribution in [1.29, 1.82) is 0 Å². The van der Waals surface area contributed by atoms with Crippen LogP contribution in [0.1, 0.15) is 13.3 Å². The largest absolute Gasteiger partial charge is 0.475 e. The molecule has 0 aliphatic heterocycles. The molecular weight excluding hydrogens is 136 g/mol. The number of rotatable bonds is 4. The van der Waals surface area contributed by atoms with Gasteiger partial charge in [-0.2, -0.15) is 0 Å². The predicted molar refractivity (Wildman–Crippen MR) is 33.5 cm³/mol. The number of Topliss-reactive ketones (excluding diaryl/α,β-unsaturated/α-hetero) is 1. The summed E-state index contributed by atoms with van der Waals surface area (Å²) in [5.41, 5.74) is 0. The standard InChI is InChI=1S/C6H10O4/c1-4(2-3-7)5(8)6(9)10/h4,7H,2-3H2,1H3,(H,9,10). The summed E-state index contributed by atoms with van der Waals surface area (Å²) in [6, 6.07) is 0. The highest BCUT2D eigenvalue weighted by atomic mass is 16.4. The zero-order valence-electron chi connectivity index (χ0n) is 5.70. The monoisotopic (exact) mass is 146 g/mol. The number of carbonyl (C=O) groups excluding carboxylic acids is 1. The number of carbonyl (C=O) groups is 2. The zero-order valence-corrected chi connectivity index (χ0v) is 5.70. The predicted octanol–water partition coefficient (Wildman–Crippen LogP) is -0.341. The number of carboxylic acid groups (broad SMARTS) is 1. The third-order valence-electron chi connectivity index (χ3n) is 1.22. The third kappa shape index (κ3) is 2.59. The molecule has 58 valence electrons. The van der Waals surface area contributed by atoms with Gasteiger partial charge in [0.15, 0.2) is 0 Å². The molecule has 0 heterocycles. The van der Waals surface area contributed by atoms with E-state index >= 15 is 0 Å². The van der Waals surface area contributed by atoms with Gasteiger partial charge in [-0.3, -0.25) is 4.79 Å². The second kappa shape index (κ2) is 4.00. The van der Waals surface area contributed by atoms with E-state index in [1.165, 1.54) is 6.92 Å². The summed E-state index contributed by atoms with van der Waals surface area (Å²) in [4.78, 5) is 20.5. The van der Waals surface area contributed by atoms with Gasteiger partial charge in [-0.05, 0) is 6.42 Å². The van der Waals surface area contributed by atoms with Crippen LogP contribution in [-0.2, 0) is 9.59 Å². The molecule has 0 saturated carbocycles. The first-order valence-corrected chi connectivity index (χ1v) is 2.97. The number of hydrogen-bond acceptors (Lipinski definition) is 3. The Hall–Kier alpha value is -0.900. The first kappa shape index (κ1) is 9.10. The fourth-order valence-corrected chi connectivity index (χ4v) is 0.536. The minimum atomic E-state index is -1.43. The summed E-state index contributed by atoms with van der Waals surface area (Å²) < 4.78 is 0. The van der Waals surface area contributed by atoms with Crippen LogP contribution < -0.4 is 0 Å². The van der Waals surface area contributed by atoms with E-state index in [9.17, 15) is 9.59 Å². The lowest BCUT2D eigenvalue weighted by atomic mass is 10.0. The molecule has 2 N–H and O–H groups in total. The van der Waals surface area contributed by atoms with Gasteiger partial charge < -0.3 is 10.2 Å². The van der Waals surface area contributed by atoms with Crippen molar-refractivity contribution in [2.75, 3.05) is 6.61 Å². The molecule has 1 atom stereocenters. The van der Waals surface area contributed by atoms with Crippen molar-refractivity contribution in [3.05, 3.63) is 0 Å². The number of aliphatic carboxylic acids is 1. The Bertz CT molecular complexity index is 141. The van der Waals surface area contributed by atoms with Crippen LogP contribution in [0.3, 0.4) is 0 Å². The minimum absolute atomic E-state index is 0.153. The molecule has 0 bridgehead atoms. The highest BCUT2D eigenvalue weighted by molar-refractivity contribution is 6.33. The van der Waals surface area contributed by atoms with Crippen molar-refractivity contribution in [1.82, 2.24) is 0 Å². The van der Waals surface area contributed by atoms with E-state index in [4.69, 9.17) is 10.2 Å². The highest BCUT2D eigenvalue weighted by Crippen LogP contribution is 2.01. The Balaban J connectivity index is 3.82. The van der Waals surface area contributed by atoms with Gasteiger partial charge in [-0.25, -0.2) is 4.79 Å². The van der Waals surface area contributed by atoms with E-state index in [1.807, 2.05) is 0 Å². The molecule has 10 heavy (non-hydrogen) atoms. The van der Waals surface area contributed by atoms with E-state index in [1.54, 1.807) is 0 Å². The Morgan fingerprint density at radius 3 is 2.30 bits per heavy atom. The van der Waals surface area contributed by atoms with E-state index in [0.29, 0.717) is 0 Å². The molecule has 1 unspecified atom stereocenters. The van der Waals surface area contributed by atoms with Crippen molar-refractivity contribution in [3.8, 4) is 0 Å². The Morgan fingerprint density at radius 1 is 1.50 bits per heavy atom. The zero-order chi connectivity index (χ0) is 8.15. The minimum Gasteiger partial charge on any atom is -0.475 e. The molecule has 0 saturated heterocycles. The number of ketones is 1. The summed E-state index contributed by atoms with van der Waals surface area (Å²) in [6.45, 7) is 1.33. The normalized spacial score (nSPS) is 12.6. The van der Waals surface area contributed by atoms with Crippen LogP contribution in [0.5, 0.6) is 0 Å². The van der Waals surface area contributed by atoms with Gasteiger partial charge in [0.25, 0.3) is 0 Å². The molecule has 0 radical (unpaired) electrons. The molecule has 0 aromatic carbocycles. The number of aliphatic hydroxyl groups excluding tert-OH is 1. The fourth-order valence-electron chi connectivity index (χ4n) is 0.536. The number of hydrogen-bond donors (Lipinski definition) is 2. The highest BCUT2D eigenvalue weighted by Gasteiger charge is 2.18. The summed E-state index contributed by atoms with van der Waals surface area (Å²) in [6.07, 6.45) is 0.213. The molecule has 0 aromatic heterocycles. The van der Waals surface area contributed by atoms with Crippen LogP contribution in [0, 0.1) is 5.92 Å². The van der Waals surface area contributed by atoms with Crippen molar-refractivity contribution in [3.63, 3.8) is 0 Å². The summed E-state index contributed by atoms with van der Waals surface area (Å²) in [7, 11) is 0. The van der Waals surface area contributed by atoms with E-state index < -0.39 is 17.7 Å². The quantitative estimate of drug-likeness (QED) is 0.532. The molecule has 0 aromatic rings. The van der Waals surface area contributed by atoms with Crippen LogP contribution in [0.4, 0.5) is 0 Å². The molecule has 0 spiro atoms. The van der Waals surface area contributed by atoms with Crippen molar-refractivity contribution in [2.45, 2.75) is 13.3 Å². The van der Waals surface area contributed by atoms with Crippen molar-refractivity contribution >= 4 is 11.8 Å². The fraction of sp³-hybridized carbons (Fsp3) is 0.667. The van der Waals surface area contributed by atoms with Gasteiger partial charge >= 0.3 is 5.97 Å². The van der Waals surface area contributed by atoms with Crippen LogP contribution in [0.15, 0.2) is 0 Å². The van der Waals surface area contributed by atoms with Gasteiger partial charge in [0.05, 0.1) is 0 Å². The molecule has 0 amide bonds. The van der Waals surface area contributed by atoms with Gasteiger partial charge in [0, 0.05) is 12.5 Å². The molecule has 0 aliphatic rings. The molecule has 0 aliphatic carbocycles. The van der Waals surface area contributed by atoms with E-state index in [-0.39, 0.29) is 13.0 Å². The van der Waals surface area contributed by atoms with Crippen LogP contribution >= 0.6 is 0 Å². The van der Waals surface area contributed by atoms with Gasteiger partial charge in [0.1, 0.15) is 0 Å². The average molecular weight is 146 g/mol. The topological polar surface area (TPSA) is 74.6 Å². The summed E-state index contributed by atoms with van der Waals surface area (Å²) >= 11 is 0. The smallest absolute Gasteiger partial charge is 0.372 e. The van der Waals surface area contributed by atoms with Gasteiger partial charge in [0.2, 0.25) is 5.78 Å². The van der Waals surface area contributed by atoms with Gasteiger partial charge in [-0.1, -0.05) is 6.92 Å². The van der Waals surface area contributed by atoms with Crippen LogP contribution in [0.2, 0.25) is 0 Å². The molecular formula is C6H10O4. The first-order valence-electron chi connectivity index (χ1n) is 2.97. The maximum Gasteiger partial charge on any atom is 0.372 e. The van der Waals surface area contributed by atoms with E-state index in [2.05, 4.69) is 0 Å². The maximum absolute atomic E-state index is 10.5. The maximum atomic E-state index is 10.5. The Labute approximate surface area is 58.5 Å². The summed E-state index contributed by atoms with van der Waals surface area (Å²) in [5, 5.41) is 16.5. The molecule has 0 rings (SSSR count). The van der Waals surface area contributed by atoms with E-state index in [0.717, 1.165) is 0 Å². The molecule has 0 fully saturated rings.